The molecule has 0 fully saturated rings. The molecule has 0 saturated carbocycles. The van der Waals surface area contributed by atoms with Crippen molar-refractivity contribution in [2.75, 3.05) is 12.0 Å². The number of ketones is 1. The molecule has 0 aliphatic heterocycles. The van der Waals surface area contributed by atoms with Crippen LogP contribution < -0.4 is 16.0 Å². The van der Waals surface area contributed by atoms with Crippen molar-refractivity contribution in [3.8, 4) is 0 Å². The third kappa shape index (κ3) is 13.0. The minimum Gasteiger partial charge on any atom is -0.344 e. The molecule has 3 N–H and O–H groups in total. The van der Waals surface area contributed by atoms with Crippen LogP contribution in [0.2, 0.25) is 0 Å². The second-order valence-corrected chi connectivity index (χ2v) is 11.3. The normalized spacial score (nSPS) is 14.7. The van der Waals surface area contributed by atoms with Gasteiger partial charge in [-0.05, 0) is 43.6 Å². The van der Waals surface area contributed by atoms with Crippen LogP contribution in [0.25, 0.3) is 0 Å². The van der Waals surface area contributed by atoms with E-state index in [-0.39, 0.29) is 35.7 Å². The molecule has 0 aromatic heterocycles. The fourth-order valence-corrected chi connectivity index (χ4v) is 3.97. The van der Waals surface area contributed by atoms with Crippen LogP contribution in [-0.4, -0.2) is 57.8 Å². The van der Waals surface area contributed by atoms with Crippen LogP contribution in [0.5, 0.6) is 0 Å². The predicted octanol–water partition coefficient (Wildman–Crippen LogP) is 2.64. The fourth-order valence-electron chi connectivity index (χ4n) is 3.40. The molecule has 3 amide bonds. The summed E-state index contributed by atoms with van der Waals surface area (Å²) in [5.41, 5.74) is 0.340. The average molecular weight is 500 g/mol. The maximum Gasteiger partial charge on any atom is 0.243 e. The molecule has 0 spiro atoms. The number of rotatable bonds is 17. The summed E-state index contributed by atoms with van der Waals surface area (Å²) >= 11 is 0. The Kier molecular flexibility index (Phi) is 15.6. The number of nitrogens with one attached hydrogen (secondary N) is 3. The van der Waals surface area contributed by atoms with E-state index in [0.29, 0.717) is 18.4 Å². The summed E-state index contributed by atoms with van der Waals surface area (Å²) in [6, 6.07) is -2.54. The number of hydrogen-bond acceptors (Lipinski definition) is 5. The van der Waals surface area contributed by atoms with Crippen LogP contribution in [0.1, 0.15) is 80.1 Å². The standard InChI is InChI=1S/C25H45N3O5S/c1-9-10-11-12-21(29)28-22(17(4)5)25(32)26-19(13-14-34(8)33)24(31)27-20(15-16(2)3)23(30)18(6)7/h16-17,19-20,22H,6,9-15H2,1-5,7-8H3,(H,26,32)(H,27,31)(H,28,29)/t19-,20-,22?,34-/m0/s1. The monoisotopic (exact) mass is 499 g/mol. The van der Waals surface area contributed by atoms with E-state index in [1.807, 2.05) is 34.6 Å². The van der Waals surface area contributed by atoms with Gasteiger partial charge in [-0.15, -0.1) is 0 Å². The van der Waals surface area contributed by atoms with Crippen molar-refractivity contribution in [3.63, 3.8) is 0 Å². The molecule has 8 nitrogen and oxygen atoms in total. The lowest BCUT2D eigenvalue weighted by molar-refractivity contribution is -0.134. The highest BCUT2D eigenvalue weighted by Crippen LogP contribution is 2.11. The first kappa shape index (κ1) is 32.0. The van der Waals surface area contributed by atoms with E-state index in [1.54, 1.807) is 6.92 Å². The summed E-state index contributed by atoms with van der Waals surface area (Å²) < 4.78 is 11.7. The molecule has 0 heterocycles. The largest absolute Gasteiger partial charge is 0.344 e. The highest BCUT2D eigenvalue weighted by Gasteiger charge is 2.31. The Morgan fingerprint density at radius 3 is 1.97 bits per heavy atom. The van der Waals surface area contributed by atoms with Crippen molar-refractivity contribution >= 4 is 34.3 Å². The van der Waals surface area contributed by atoms with Crippen molar-refractivity contribution in [3.05, 3.63) is 12.2 Å². The van der Waals surface area contributed by atoms with Crippen LogP contribution in [0, 0.1) is 11.8 Å². The van der Waals surface area contributed by atoms with Gasteiger partial charge >= 0.3 is 0 Å². The van der Waals surface area contributed by atoms with Crippen LogP contribution in [0.15, 0.2) is 12.2 Å². The molecule has 0 aromatic rings. The number of carbonyl (C=O) groups excluding carboxylic acids is 4. The molecular formula is C25H45N3O5S. The molecule has 0 rings (SSSR count). The third-order valence-electron chi connectivity index (χ3n) is 5.36. The van der Waals surface area contributed by atoms with Crippen LogP contribution in [0.3, 0.4) is 0 Å². The van der Waals surface area contributed by atoms with Gasteiger partial charge < -0.3 is 16.0 Å². The predicted molar refractivity (Wildman–Crippen MR) is 138 cm³/mol. The van der Waals surface area contributed by atoms with Gasteiger partial charge in [-0.1, -0.05) is 54.0 Å². The molecule has 0 aromatic carbocycles. The molecule has 196 valence electrons. The van der Waals surface area contributed by atoms with Gasteiger partial charge in [0.15, 0.2) is 5.78 Å². The fraction of sp³-hybridized carbons (Fsp3) is 0.760. The van der Waals surface area contributed by atoms with E-state index < -0.39 is 40.7 Å². The first-order chi connectivity index (χ1) is 15.8. The van der Waals surface area contributed by atoms with Crippen molar-refractivity contribution in [1.82, 2.24) is 16.0 Å². The van der Waals surface area contributed by atoms with E-state index in [4.69, 9.17) is 0 Å². The second-order valence-electron chi connectivity index (χ2n) is 9.71. The van der Waals surface area contributed by atoms with Gasteiger partial charge in [-0.2, -0.15) is 0 Å². The Balaban J connectivity index is 5.53. The lowest BCUT2D eigenvalue weighted by Crippen LogP contribution is -2.57. The van der Waals surface area contributed by atoms with Crippen LogP contribution in [-0.2, 0) is 30.0 Å². The Morgan fingerprint density at radius 1 is 0.912 bits per heavy atom. The van der Waals surface area contributed by atoms with E-state index in [9.17, 15) is 23.4 Å². The Bertz CT molecular complexity index is 736. The van der Waals surface area contributed by atoms with Gasteiger partial charge in [0.2, 0.25) is 17.7 Å². The van der Waals surface area contributed by atoms with Gasteiger partial charge in [-0.25, -0.2) is 0 Å². The third-order valence-corrected chi connectivity index (χ3v) is 6.17. The van der Waals surface area contributed by atoms with Crippen LogP contribution >= 0.6 is 0 Å². The van der Waals surface area contributed by atoms with E-state index in [1.165, 1.54) is 6.26 Å². The van der Waals surface area contributed by atoms with Crippen molar-refractivity contribution in [1.29, 1.82) is 0 Å². The van der Waals surface area contributed by atoms with Gasteiger partial charge in [0.25, 0.3) is 0 Å². The molecule has 0 saturated heterocycles. The number of unbranched alkanes of at least 4 members (excludes halogenated alkanes) is 2. The first-order valence-electron chi connectivity index (χ1n) is 12.2. The molecule has 0 aliphatic carbocycles. The molecule has 34 heavy (non-hydrogen) atoms. The van der Waals surface area contributed by atoms with E-state index in [2.05, 4.69) is 22.5 Å². The Hall–Kier alpha value is -2.03. The van der Waals surface area contributed by atoms with Gasteiger partial charge in [0, 0.05) is 29.2 Å². The first-order valence-corrected chi connectivity index (χ1v) is 13.9. The number of amides is 3. The summed E-state index contributed by atoms with van der Waals surface area (Å²) in [6.45, 7) is 14.9. The van der Waals surface area contributed by atoms with E-state index >= 15 is 0 Å². The molecule has 1 unspecified atom stereocenters. The van der Waals surface area contributed by atoms with Gasteiger partial charge in [-0.3, -0.25) is 23.4 Å². The quantitative estimate of drug-likeness (QED) is 0.210. The summed E-state index contributed by atoms with van der Waals surface area (Å²) in [5.74, 6) is -1.30. The molecule has 0 radical (unpaired) electrons. The highest BCUT2D eigenvalue weighted by atomic mass is 32.2. The molecular weight excluding hydrogens is 454 g/mol. The molecule has 9 heteroatoms. The minimum absolute atomic E-state index is 0.144. The summed E-state index contributed by atoms with van der Waals surface area (Å²) in [7, 11) is -1.17. The second kappa shape index (κ2) is 16.6. The SMILES string of the molecule is C=C(C)C(=O)[C@H](CC(C)C)NC(=O)[C@H](CC[S@](C)=O)NC(=O)C(NC(=O)CCCCC)C(C)C. The molecule has 0 aliphatic rings. The molecule has 4 atom stereocenters. The van der Waals surface area contributed by atoms with Gasteiger partial charge in [0.05, 0.1) is 6.04 Å². The van der Waals surface area contributed by atoms with Gasteiger partial charge in [0.1, 0.15) is 12.1 Å². The zero-order valence-corrected chi connectivity index (χ0v) is 22.8. The smallest absolute Gasteiger partial charge is 0.243 e. The zero-order valence-electron chi connectivity index (χ0n) is 22.0. The lowest BCUT2D eigenvalue weighted by Gasteiger charge is -2.27. The minimum atomic E-state index is -1.17. The topological polar surface area (TPSA) is 121 Å². The number of Topliss-reactive ketones (excluding diaryl/α,β-unsaturated/α-hetero) is 1. The number of carbonyl (C=O) groups is 4. The van der Waals surface area contributed by atoms with Crippen molar-refractivity contribution in [2.24, 2.45) is 11.8 Å². The molecule has 0 bridgehead atoms. The maximum absolute atomic E-state index is 13.1. The highest BCUT2D eigenvalue weighted by molar-refractivity contribution is 7.84. The summed E-state index contributed by atoms with van der Waals surface area (Å²) in [4.78, 5) is 51.0. The van der Waals surface area contributed by atoms with Crippen LogP contribution in [0.4, 0.5) is 0 Å². The van der Waals surface area contributed by atoms with E-state index in [0.717, 1.165) is 19.3 Å². The lowest BCUT2D eigenvalue weighted by atomic mass is 9.96. The van der Waals surface area contributed by atoms with Crippen molar-refractivity contribution in [2.45, 2.75) is 98.2 Å². The zero-order chi connectivity index (χ0) is 26.4. The Morgan fingerprint density at radius 2 is 1.50 bits per heavy atom. The summed E-state index contributed by atoms with van der Waals surface area (Å²) in [5, 5.41) is 8.25. The maximum atomic E-state index is 13.1. The number of hydrogen-bond donors (Lipinski definition) is 3. The summed E-state index contributed by atoms with van der Waals surface area (Å²) in [6.07, 6.45) is 5.10. The van der Waals surface area contributed by atoms with Crippen molar-refractivity contribution < 1.29 is 23.4 Å². The average Bonchev–Trinajstić information content (AvgIpc) is 2.72. The Labute approximate surface area is 207 Å².